The maximum absolute atomic E-state index is 11.6. The number of thioether (sulfide) groups is 1. The van der Waals surface area contributed by atoms with Crippen LogP contribution in [0, 0.1) is 0 Å². The second kappa shape index (κ2) is 8.25. The summed E-state index contributed by atoms with van der Waals surface area (Å²) in [5, 5.41) is 14.9. The van der Waals surface area contributed by atoms with Crippen LogP contribution >= 0.6 is 34.4 Å². The molecular formula is C13H17N5OS3. The predicted molar refractivity (Wildman–Crippen MR) is 92.7 cm³/mol. The highest BCUT2D eigenvalue weighted by Gasteiger charge is 2.11. The molecule has 0 aliphatic rings. The minimum Gasteiger partial charge on any atom is -0.357 e. The summed E-state index contributed by atoms with van der Waals surface area (Å²) in [5.74, 6) is 0.790. The Kier molecular flexibility index (Phi) is 6.34. The number of nitrogens with one attached hydrogen (secondary N) is 1. The Labute approximate surface area is 141 Å². The first-order valence-electron chi connectivity index (χ1n) is 6.53. The fourth-order valence-corrected chi connectivity index (χ4v) is 3.96. The molecule has 2 rings (SSSR count). The molecule has 118 valence electrons. The second-order valence-electron chi connectivity index (χ2n) is 4.53. The van der Waals surface area contributed by atoms with Crippen molar-refractivity contribution in [3.63, 3.8) is 0 Å². The van der Waals surface area contributed by atoms with Gasteiger partial charge in [-0.15, -0.1) is 28.1 Å². The molecular weight excluding hydrogens is 338 g/mol. The van der Waals surface area contributed by atoms with Gasteiger partial charge in [0.05, 0.1) is 12.1 Å². The van der Waals surface area contributed by atoms with Crippen LogP contribution in [0.5, 0.6) is 0 Å². The lowest BCUT2D eigenvalue weighted by Gasteiger charge is -2.07. The molecule has 0 aromatic carbocycles. The van der Waals surface area contributed by atoms with Crippen molar-refractivity contribution >= 4 is 45.5 Å². The van der Waals surface area contributed by atoms with E-state index in [4.69, 9.17) is 0 Å². The number of thiazole rings is 1. The maximum atomic E-state index is 11.6. The van der Waals surface area contributed by atoms with Crippen molar-refractivity contribution < 1.29 is 4.79 Å². The SMILES string of the molecule is C=CCNc1nnc(SCc2csc(CC(=O)N(C)C)n2)s1. The summed E-state index contributed by atoms with van der Waals surface area (Å²) in [6.45, 7) is 4.32. The summed E-state index contributed by atoms with van der Waals surface area (Å²) in [7, 11) is 3.50. The third kappa shape index (κ3) is 5.08. The number of carbonyl (C=O) groups excluding carboxylic acids is 1. The summed E-state index contributed by atoms with van der Waals surface area (Å²) in [6, 6.07) is 0. The molecule has 0 fully saturated rings. The van der Waals surface area contributed by atoms with E-state index >= 15 is 0 Å². The van der Waals surface area contributed by atoms with Gasteiger partial charge in [0.2, 0.25) is 11.0 Å². The highest BCUT2D eigenvalue weighted by Crippen LogP contribution is 2.28. The number of aromatic nitrogens is 3. The van der Waals surface area contributed by atoms with Crippen molar-refractivity contribution in [2.24, 2.45) is 0 Å². The number of carbonyl (C=O) groups is 1. The van der Waals surface area contributed by atoms with E-state index < -0.39 is 0 Å². The quantitative estimate of drug-likeness (QED) is 0.579. The van der Waals surface area contributed by atoms with E-state index in [0.717, 1.165) is 25.9 Å². The molecule has 0 aliphatic carbocycles. The number of likely N-dealkylation sites (N-methyl/N-ethyl adjacent to an activating group) is 1. The van der Waals surface area contributed by atoms with Crippen LogP contribution in [0.3, 0.4) is 0 Å². The van der Waals surface area contributed by atoms with Gasteiger partial charge in [0.1, 0.15) is 5.01 Å². The van der Waals surface area contributed by atoms with Gasteiger partial charge in [-0.1, -0.05) is 29.2 Å². The molecule has 2 aromatic heterocycles. The molecule has 6 nitrogen and oxygen atoms in total. The smallest absolute Gasteiger partial charge is 0.228 e. The fraction of sp³-hybridized carbons (Fsp3) is 0.385. The summed E-state index contributed by atoms with van der Waals surface area (Å²) < 4.78 is 0.894. The predicted octanol–water partition coefficient (Wildman–Crippen LogP) is 2.52. The lowest BCUT2D eigenvalue weighted by Crippen LogP contribution is -2.23. The van der Waals surface area contributed by atoms with Crippen LogP contribution in [0.4, 0.5) is 5.13 Å². The molecule has 0 spiro atoms. The van der Waals surface area contributed by atoms with Gasteiger partial charge < -0.3 is 10.2 Å². The van der Waals surface area contributed by atoms with E-state index in [-0.39, 0.29) is 5.91 Å². The molecule has 9 heteroatoms. The standard InChI is InChI=1S/C13H17N5OS3/c1-4-5-14-12-16-17-13(22-12)21-8-9-7-20-10(15-9)6-11(19)18(2)3/h4,7H,1,5-6,8H2,2-3H3,(H,14,16). The molecule has 2 aromatic rings. The van der Waals surface area contributed by atoms with Gasteiger partial charge in [-0.2, -0.15) is 0 Å². The van der Waals surface area contributed by atoms with Crippen LogP contribution < -0.4 is 5.32 Å². The van der Waals surface area contributed by atoms with Gasteiger partial charge in [-0.3, -0.25) is 4.79 Å². The van der Waals surface area contributed by atoms with Gasteiger partial charge in [-0.05, 0) is 0 Å². The Morgan fingerprint density at radius 1 is 1.50 bits per heavy atom. The van der Waals surface area contributed by atoms with E-state index in [1.165, 1.54) is 22.7 Å². The molecule has 0 bridgehead atoms. The van der Waals surface area contributed by atoms with Gasteiger partial charge in [-0.25, -0.2) is 4.98 Å². The van der Waals surface area contributed by atoms with E-state index in [2.05, 4.69) is 27.1 Å². The van der Waals surface area contributed by atoms with Crippen LogP contribution in [0.25, 0.3) is 0 Å². The highest BCUT2D eigenvalue weighted by molar-refractivity contribution is 8.00. The fourth-order valence-electron chi connectivity index (χ4n) is 1.42. The van der Waals surface area contributed by atoms with E-state index in [0.29, 0.717) is 13.0 Å². The number of hydrogen-bond acceptors (Lipinski definition) is 8. The second-order valence-corrected chi connectivity index (χ2v) is 7.67. The van der Waals surface area contributed by atoms with E-state index in [1.54, 1.807) is 36.8 Å². The minimum absolute atomic E-state index is 0.0654. The largest absolute Gasteiger partial charge is 0.357 e. The Balaban J connectivity index is 1.84. The Bertz CT molecular complexity index is 637. The Morgan fingerprint density at radius 3 is 3.05 bits per heavy atom. The topological polar surface area (TPSA) is 71.0 Å². The molecule has 0 saturated carbocycles. The molecule has 0 atom stereocenters. The van der Waals surface area contributed by atoms with E-state index in [9.17, 15) is 4.79 Å². The number of nitrogens with zero attached hydrogens (tertiary/aromatic N) is 4. The average Bonchev–Trinajstić information content (AvgIpc) is 3.12. The van der Waals surface area contributed by atoms with Crippen LogP contribution in [-0.4, -0.2) is 46.6 Å². The highest BCUT2D eigenvalue weighted by atomic mass is 32.2. The zero-order valence-corrected chi connectivity index (χ0v) is 14.9. The van der Waals surface area contributed by atoms with Gasteiger partial charge in [0.15, 0.2) is 4.34 Å². The number of amides is 1. The van der Waals surface area contributed by atoms with Crippen molar-refractivity contribution in [2.75, 3.05) is 26.0 Å². The van der Waals surface area contributed by atoms with Crippen LogP contribution in [0.2, 0.25) is 0 Å². The monoisotopic (exact) mass is 355 g/mol. The Hall–Kier alpha value is -1.45. The zero-order valence-electron chi connectivity index (χ0n) is 12.4. The summed E-state index contributed by atoms with van der Waals surface area (Å²) in [6.07, 6.45) is 2.14. The van der Waals surface area contributed by atoms with Crippen LogP contribution in [-0.2, 0) is 17.0 Å². The molecule has 0 radical (unpaired) electrons. The molecule has 0 saturated heterocycles. The third-order valence-corrected chi connectivity index (χ3v) is 5.49. The average molecular weight is 356 g/mol. The van der Waals surface area contributed by atoms with Crippen LogP contribution in [0.15, 0.2) is 22.4 Å². The van der Waals surface area contributed by atoms with Gasteiger partial charge >= 0.3 is 0 Å². The first-order chi connectivity index (χ1) is 10.6. The van der Waals surface area contributed by atoms with Crippen molar-refractivity contribution in [3.8, 4) is 0 Å². The number of anilines is 1. The zero-order chi connectivity index (χ0) is 15.9. The molecule has 1 N–H and O–H groups in total. The maximum Gasteiger partial charge on any atom is 0.228 e. The van der Waals surface area contributed by atoms with Gasteiger partial charge in [0.25, 0.3) is 0 Å². The third-order valence-electron chi connectivity index (χ3n) is 2.55. The van der Waals surface area contributed by atoms with Crippen molar-refractivity contribution in [3.05, 3.63) is 28.7 Å². The summed E-state index contributed by atoms with van der Waals surface area (Å²) in [5.41, 5.74) is 0.965. The summed E-state index contributed by atoms with van der Waals surface area (Å²) in [4.78, 5) is 17.7. The number of hydrogen-bond donors (Lipinski definition) is 1. The van der Waals surface area contributed by atoms with Crippen LogP contribution in [0.1, 0.15) is 10.7 Å². The first kappa shape index (κ1) is 16.9. The van der Waals surface area contributed by atoms with Crippen molar-refractivity contribution in [2.45, 2.75) is 16.5 Å². The first-order valence-corrected chi connectivity index (χ1v) is 9.21. The lowest BCUT2D eigenvalue weighted by atomic mass is 10.4. The molecule has 0 aliphatic heterocycles. The molecule has 1 amide bonds. The summed E-state index contributed by atoms with van der Waals surface area (Å²) >= 11 is 4.62. The van der Waals surface area contributed by atoms with E-state index in [1.807, 2.05) is 5.38 Å². The Morgan fingerprint density at radius 2 is 2.32 bits per heavy atom. The molecule has 22 heavy (non-hydrogen) atoms. The lowest BCUT2D eigenvalue weighted by molar-refractivity contribution is -0.127. The molecule has 0 unspecified atom stereocenters. The van der Waals surface area contributed by atoms with Crippen molar-refractivity contribution in [1.82, 2.24) is 20.1 Å². The van der Waals surface area contributed by atoms with Gasteiger partial charge in [0, 0.05) is 31.8 Å². The number of rotatable bonds is 8. The molecule has 2 heterocycles. The van der Waals surface area contributed by atoms with Crippen molar-refractivity contribution in [1.29, 1.82) is 0 Å². The normalized spacial score (nSPS) is 10.5. The minimum atomic E-state index is 0.0654.